The monoisotopic (exact) mass is 292 g/mol. The van der Waals surface area contributed by atoms with Crippen LogP contribution in [0.1, 0.15) is 37.7 Å². The van der Waals surface area contributed by atoms with Crippen LogP contribution >= 0.6 is 15.9 Å². The maximum absolute atomic E-state index is 11.9. The standard InChI is InChI=1S/C15H17BrO/c16-14-8-6-13(7-9-14)11-15(17)10-12-4-2-1-3-5-12/h4,6-9H,1-3,5,10-11H2. The quantitative estimate of drug-likeness (QED) is 0.749. The fourth-order valence-corrected chi connectivity index (χ4v) is 2.48. The largest absolute Gasteiger partial charge is 0.299 e. The Morgan fingerprint density at radius 1 is 1.12 bits per heavy atom. The SMILES string of the molecule is O=C(CC1=CCCCC1)Cc1ccc(Br)cc1. The lowest BCUT2D eigenvalue weighted by molar-refractivity contribution is -0.117. The zero-order valence-electron chi connectivity index (χ0n) is 9.92. The van der Waals surface area contributed by atoms with Crippen LogP contribution < -0.4 is 0 Å². The molecule has 0 aromatic heterocycles. The number of Topliss-reactive ketones (excluding diaryl/α,β-unsaturated/α-hetero) is 1. The number of allylic oxidation sites excluding steroid dienone is 2. The third-order valence-electron chi connectivity index (χ3n) is 3.12. The highest BCUT2D eigenvalue weighted by Crippen LogP contribution is 2.21. The van der Waals surface area contributed by atoms with E-state index in [1.165, 1.54) is 18.4 Å². The summed E-state index contributed by atoms with van der Waals surface area (Å²) in [5, 5.41) is 0. The minimum atomic E-state index is 0.334. The molecule has 1 aliphatic rings. The van der Waals surface area contributed by atoms with Gasteiger partial charge in [0.1, 0.15) is 5.78 Å². The molecule has 1 nitrogen and oxygen atoms in total. The Balaban J connectivity index is 1.88. The van der Waals surface area contributed by atoms with Crippen molar-refractivity contribution in [1.82, 2.24) is 0 Å². The third-order valence-corrected chi connectivity index (χ3v) is 3.65. The Kier molecular flexibility index (Phi) is 4.55. The Morgan fingerprint density at radius 2 is 1.88 bits per heavy atom. The van der Waals surface area contributed by atoms with Gasteiger partial charge in [0.05, 0.1) is 0 Å². The first-order valence-corrected chi connectivity index (χ1v) is 6.97. The van der Waals surface area contributed by atoms with E-state index in [0.717, 1.165) is 22.9 Å². The Hall–Kier alpha value is -0.890. The van der Waals surface area contributed by atoms with Gasteiger partial charge in [-0.1, -0.05) is 39.7 Å². The number of rotatable bonds is 4. The van der Waals surface area contributed by atoms with E-state index in [9.17, 15) is 4.79 Å². The van der Waals surface area contributed by atoms with Crippen LogP contribution in [0, 0.1) is 0 Å². The summed E-state index contributed by atoms with van der Waals surface area (Å²) in [6.07, 6.45) is 8.26. The predicted octanol–water partition coefficient (Wildman–Crippen LogP) is 4.45. The van der Waals surface area contributed by atoms with Crippen molar-refractivity contribution in [3.63, 3.8) is 0 Å². The summed E-state index contributed by atoms with van der Waals surface area (Å²) in [7, 11) is 0. The minimum absolute atomic E-state index is 0.334. The van der Waals surface area contributed by atoms with Gasteiger partial charge in [0.25, 0.3) is 0 Å². The van der Waals surface area contributed by atoms with E-state index in [4.69, 9.17) is 0 Å². The second kappa shape index (κ2) is 6.15. The molecule has 1 aliphatic carbocycles. The molecule has 0 spiro atoms. The van der Waals surface area contributed by atoms with Gasteiger partial charge in [-0.05, 0) is 43.4 Å². The highest BCUT2D eigenvalue weighted by molar-refractivity contribution is 9.10. The van der Waals surface area contributed by atoms with E-state index in [0.29, 0.717) is 18.6 Å². The van der Waals surface area contributed by atoms with Gasteiger partial charge in [0, 0.05) is 17.3 Å². The van der Waals surface area contributed by atoms with E-state index < -0.39 is 0 Å². The molecule has 2 rings (SSSR count). The van der Waals surface area contributed by atoms with E-state index in [2.05, 4.69) is 22.0 Å². The molecule has 17 heavy (non-hydrogen) atoms. The van der Waals surface area contributed by atoms with Crippen molar-refractivity contribution in [3.8, 4) is 0 Å². The molecule has 0 radical (unpaired) electrons. The molecule has 0 saturated heterocycles. The summed E-state index contributed by atoms with van der Waals surface area (Å²) >= 11 is 3.40. The molecule has 0 heterocycles. The van der Waals surface area contributed by atoms with Gasteiger partial charge >= 0.3 is 0 Å². The van der Waals surface area contributed by atoms with Crippen LogP contribution in [0.3, 0.4) is 0 Å². The molecular formula is C15H17BrO. The fraction of sp³-hybridized carbons (Fsp3) is 0.400. The summed E-state index contributed by atoms with van der Waals surface area (Å²) in [5.41, 5.74) is 2.45. The second-order valence-corrected chi connectivity index (χ2v) is 5.54. The third kappa shape index (κ3) is 4.12. The molecule has 0 amide bonds. The van der Waals surface area contributed by atoms with E-state index in [1.807, 2.05) is 24.3 Å². The molecule has 0 bridgehead atoms. The molecule has 0 N–H and O–H groups in total. The number of ketones is 1. The van der Waals surface area contributed by atoms with Gasteiger partial charge in [-0.2, -0.15) is 0 Å². The zero-order chi connectivity index (χ0) is 12.1. The molecule has 1 aromatic rings. The highest BCUT2D eigenvalue weighted by Gasteiger charge is 2.09. The van der Waals surface area contributed by atoms with Crippen LogP contribution in [0.15, 0.2) is 40.4 Å². The fourth-order valence-electron chi connectivity index (χ4n) is 2.21. The highest BCUT2D eigenvalue weighted by atomic mass is 79.9. The van der Waals surface area contributed by atoms with Crippen molar-refractivity contribution in [2.45, 2.75) is 38.5 Å². The normalized spacial score (nSPS) is 15.5. The Morgan fingerprint density at radius 3 is 2.53 bits per heavy atom. The van der Waals surface area contributed by atoms with Crippen LogP contribution in [0.25, 0.3) is 0 Å². The van der Waals surface area contributed by atoms with Crippen molar-refractivity contribution in [1.29, 1.82) is 0 Å². The van der Waals surface area contributed by atoms with Crippen molar-refractivity contribution < 1.29 is 4.79 Å². The molecule has 0 saturated carbocycles. The number of carbonyl (C=O) groups is 1. The van der Waals surface area contributed by atoms with Crippen molar-refractivity contribution >= 4 is 21.7 Å². The lowest BCUT2D eigenvalue weighted by Crippen LogP contribution is -2.05. The summed E-state index contributed by atoms with van der Waals surface area (Å²) in [4.78, 5) is 11.9. The number of hydrogen-bond donors (Lipinski definition) is 0. The minimum Gasteiger partial charge on any atom is -0.299 e. The molecule has 0 atom stereocenters. The summed E-state index contributed by atoms with van der Waals surface area (Å²) < 4.78 is 1.06. The summed E-state index contributed by atoms with van der Waals surface area (Å²) in [5.74, 6) is 0.334. The van der Waals surface area contributed by atoms with Gasteiger partial charge in [-0.3, -0.25) is 4.79 Å². The number of benzene rings is 1. The molecule has 0 unspecified atom stereocenters. The van der Waals surface area contributed by atoms with Crippen molar-refractivity contribution in [2.75, 3.05) is 0 Å². The number of halogens is 1. The van der Waals surface area contributed by atoms with E-state index >= 15 is 0 Å². The Bertz CT molecular complexity index is 417. The van der Waals surface area contributed by atoms with Gasteiger partial charge in [0.2, 0.25) is 0 Å². The zero-order valence-corrected chi connectivity index (χ0v) is 11.5. The van der Waals surface area contributed by atoms with Crippen LogP contribution in [-0.2, 0) is 11.2 Å². The lowest BCUT2D eigenvalue weighted by atomic mass is 9.94. The first kappa shape index (κ1) is 12.6. The van der Waals surface area contributed by atoms with Crippen LogP contribution in [0.4, 0.5) is 0 Å². The first-order chi connectivity index (χ1) is 8.24. The first-order valence-electron chi connectivity index (χ1n) is 6.18. The average molecular weight is 293 g/mol. The van der Waals surface area contributed by atoms with Crippen molar-refractivity contribution in [2.24, 2.45) is 0 Å². The lowest BCUT2D eigenvalue weighted by Gasteiger charge is -2.11. The number of carbonyl (C=O) groups excluding carboxylic acids is 1. The second-order valence-electron chi connectivity index (χ2n) is 4.63. The Labute approximate surface area is 111 Å². The summed E-state index contributed by atoms with van der Waals surface area (Å²) in [6.45, 7) is 0. The van der Waals surface area contributed by atoms with Crippen LogP contribution in [0.5, 0.6) is 0 Å². The molecule has 90 valence electrons. The molecular weight excluding hydrogens is 276 g/mol. The predicted molar refractivity (Wildman–Crippen MR) is 74.0 cm³/mol. The maximum Gasteiger partial charge on any atom is 0.141 e. The van der Waals surface area contributed by atoms with Gasteiger partial charge < -0.3 is 0 Å². The van der Waals surface area contributed by atoms with Crippen molar-refractivity contribution in [3.05, 3.63) is 46.0 Å². The number of hydrogen-bond acceptors (Lipinski definition) is 1. The van der Waals surface area contributed by atoms with Crippen LogP contribution in [0.2, 0.25) is 0 Å². The average Bonchev–Trinajstić information content (AvgIpc) is 2.33. The van der Waals surface area contributed by atoms with E-state index in [-0.39, 0.29) is 0 Å². The maximum atomic E-state index is 11.9. The smallest absolute Gasteiger partial charge is 0.141 e. The van der Waals surface area contributed by atoms with Gasteiger partial charge in [-0.15, -0.1) is 0 Å². The molecule has 0 fully saturated rings. The molecule has 2 heteroatoms. The van der Waals surface area contributed by atoms with E-state index in [1.54, 1.807) is 0 Å². The molecule has 1 aromatic carbocycles. The molecule has 0 aliphatic heterocycles. The van der Waals surface area contributed by atoms with Gasteiger partial charge in [0.15, 0.2) is 0 Å². The topological polar surface area (TPSA) is 17.1 Å². The van der Waals surface area contributed by atoms with Gasteiger partial charge in [-0.25, -0.2) is 0 Å². The summed E-state index contributed by atoms with van der Waals surface area (Å²) in [6, 6.07) is 8.00. The van der Waals surface area contributed by atoms with Crippen LogP contribution in [-0.4, -0.2) is 5.78 Å².